The minimum Gasteiger partial charge on any atom is -0.312 e. The first kappa shape index (κ1) is 17.9. The van der Waals surface area contributed by atoms with E-state index in [4.69, 9.17) is 0 Å². The third-order valence-electron chi connectivity index (χ3n) is 4.94. The molecule has 1 aliphatic rings. The van der Waals surface area contributed by atoms with Gasteiger partial charge in [0, 0.05) is 36.3 Å². The zero-order valence-electron chi connectivity index (χ0n) is 15.7. The van der Waals surface area contributed by atoms with Crippen LogP contribution in [0, 0.1) is 17.0 Å². The quantitative estimate of drug-likeness (QED) is 0.650. The average Bonchev–Trinajstić information content (AvgIpc) is 3.15. The monoisotopic (exact) mass is 368 g/mol. The van der Waals surface area contributed by atoms with Crippen LogP contribution >= 0.6 is 0 Å². The highest BCUT2D eigenvalue weighted by Gasteiger charge is 2.29. The summed E-state index contributed by atoms with van der Waals surface area (Å²) in [7, 11) is 0. The Balaban J connectivity index is 1.99. The number of benzene rings is 2. The fourth-order valence-electron chi connectivity index (χ4n) is 3.89. The molecule has 0 unspecified atom stereocenters. The number of halogens is 2. The van der Waals surface area contributed by atoms with Gasteiger partial charge < -0.3 is 9.88 Å². The Morgan fingerprint density at radius 2 is 1.78 bits per heavy atom. The van der Waals surface area contributed by atoms with Gasteiger partial charge in [-0.15, -0.1) is 0 Å². The van der Waals surface area contributed by atoms with Crippen molar-refractivity contribution in [2.45, 2.75) is 40.3 Å². The first-order valence-electron chi connectivity index (χ1n) is 9.11. The number of ketones is 1. The predicted octanol–water partition coefficient (Wildman–Crippen LogP) is 5.13. The van der Waals surface area contributed by atoms with Gasteiger partial charge in [-0.2, -0.15) is 0 Å². The number of nitrogens with zero attached hydrogens (tertiary/aromatic N) is 1. The largest absolute Gasteiger partial charge is 0.312 e. The van der Waals surface area contributed by atoms with Gasteiger partial charge in [0.25, 0.3) is 0 Å². The third kappa shape index (κ3) is 3.06. The van der Waals surface area contributed by atoms with Crippen LogP contribution in [0.4, 0.5) is 8.78 Å². The number of hydrogen-bond acceptors (Lipinski definition) is 2. The van der Waals surface area contributed by atoms with E-state index in [0.717, 1.165) is 22.5 Å². The molecule has 0 radical (unpaired) electrons. The van der Waals surface area contributed by atoms with Crippen LogP contribution < -0.4 is 5.32 Å². The van der Waals surface area contributed by atoms with Gasteiger partial charge in [-0.3, -0.25) is 4.79 Å². The molecule has 1 aliphatic heterocycles. The van der Waals surface area contributed by atoms with E-state index in [1.807, 2.05) is 25.3 Å². The minimum absolute atomic E-state index is 0.170. The summed E-state index contributed by atoms with van der Waals surface area (Å²) in [5.41, 5.74) is 3.47. The van der Waals surface area contributed by atoms with Gasteiger partial charge in [-0.1, -0.05) is 20.8 Å². The van der Waals surface area contributed by atoms with Crippen LogP contribution in [0.2, 0.25) is 0 Å². The Labute approximate surface area is 157 Å². The highest BCUT2D eigenvalue weighted by molar-refractivity contribution is 6.10. The van der Waals surface area contributed by atoms with Crippen LogP contribution in [0.5, 0.6) is 0 Å². The zero-order valence-corrected chi connectivity index (χ0v) is 15.7. The zero-order chi connectivity index (χ0) is 19.3. The van der Waals surface area contributed by atoms with E-state index in [2.05, 4.69) is 5.32 Å². The van der Waals surface area contributed by atoms with Gasteiger partial charge in [0.15, 0.2) is 5.78 Å². The van der Waals surface area contributed by atoms with Gasteiger partial charge in [0.05, 0.1) is 11.1 Å². The highest BCUT2D eigenvalue weighted by atomic mass is 19.1. The van der Waals surface area contributed by atoms with Crippen LogP contribution in [0.3, 0.4) is 0 Å². The molecule has 3 nitrogen and oxygen atoms in total. The number of carbonyl (C=O) groups is 1. The van der Waals surface area contributed by atoms with E-state index in [0.29, 0.717) is 18.5 Å². The van der Waals surface area contributed by atoms with Gasteiger partial charge >= 0.3 is 0 Å². The van der Waals surface area contributed by atoms with Crippen molar-refractivity contribution < 1.29 is 13.6 Å². The molecule has 2 heterocycles. The number of rotatable bonds is 3. The van der Waals surface area contributed by atoms with E-state index < -0.39 is 5.82 Å². The van der Waals surface area contributed by atoms with Crippen molar-refractivity contribution in [3.63, 3.8) is 0 Å². The number of carbonyl (C=O) groups excluding carboxylic acids is 1. The van der Waals surface area contributed by atoms with Crippen molar-refractivity contribution in [1.29, 1.82) is 0 Å². The normalized spacial score (nSPS) is 14.0. The molecule has 2 aromatic carbocycles. The summed E-state index contributed by atoms with van der Waals surface area (Å²) in [4.78, 5) is 13.0. The summed E-state index contributed by atoms with van der Waals surface area (Å²) >= 11 is 0. The van der Waals surface area contributed by atoms with Gasteiger partial charge in [-0.25, -0.2) is 8.78 Å². The molecule has 140 valence electrons. The van der Waals surface area contributed by atoms with E-state index in [-0.39, 0.29) is 29.0 Å². The second kappa shape index (κ2) is 6.27. The number of nitrogens with one attached hydrogen (secondary N) is 1. The summed E-state index contributed by atoms with van der Waals surface area (Å²) in [6, 6.07) is 9.29. The molecule has 3 aromatic rings. The molecular weight excluding hydrogens is 346 g/mol. The molecule has 0 bridgehead atoms. The van der Waals surface area contributed by atoms with Crippen molar-refractivity contribution in [2.24, 2.45) is 5.41 Å². The Kier molecular flexibility index (Phi) is 4.15. The minimum atomic E-state index is -0.484. The van der Waals surface area contributed by atoms with Crippen molar-refractivity contribution >= 4 is 16.7 Å². The van der Waals surface area contributed by atoms with Crippen molar-refractivity contribution in [1.82, 2.24) is 9.88 Å². The maximum atomic E-state index is 14.8. The SMILES string of the molecule is CC(C)(C)CC(=O)c1c(F)ccc2c1c1c(n2-c2ccc(F)cc2)CNC1. The molecule has 0 aliphatic carbocycles. The smallest absolute Gasteiger partial charge is 0.167 e. The fourth-order valence-corrected chi connectivity index (χ4v) is 3.89. The summed E-state index contributed by atoms with van der Waals surface area (Å²) in [5.74, 6) is -0.976. The Hall–Kier alpha value is -2.53. The van der Waals surface area contributed by atoms with Crippen LogP contribution in [-0.4, -0.2) is 10.4 Å². The summed E-state index contributed by atoms with van der Waals surface area (Å²) in [6.45, 7) is 7.12. The molecule has 5 heteroatoms. The first-order chi connectivity index (χ1) is 12.8. The number of aromatic nitrogens is 1. The molecule has 0 spiro atoms. The second-order valence-electron chi connectivity index (χ2n) is 8.32. The molecule has 0 atom stereocenters. The Morgan fingerprint density at radius 3 is 2.44 bits per heavy atom. The Bertz CT molecular complexity index is 1040. The van der Waals surface area contributed by atoms with Crippen molar-refractivity contribution in [2.75, 3.05) is 0 Å². The molecule has 27 heavy (non-hydrogen) atoms. The van der Waals surface area contributed by atoms with Gasteiger partial charge in [-0.05, 0) is 47.4 Å². The van der Waals surface area contributed by atoms with Crippen LogP contribution in [0.15, 0.2) is 36.4 Å². The maximum Gasteiger partial charge on any atom is 0.167 e. The molecule has 0 saturated carbocycles. The fraction of sp³-hybridized carbons (Fsp3) is 0.318. The number of Topliss-reactive ketones (excluding diaryl/α,β-unsaturated/α-hetero) is 1. The third-order valence-corrected chi connectivity index (χ3v) is 4.94. The highest BCUT2D eigenvalue weighted by Crippen LogP contribution is 2.37. The second-order valence-corrected chi connectivity index (χ2v) is 8.32. The lowest BCUT2D eigenvalue weighted by Crippen LogP contribution is -2.15. The van der Waals surface area contributed by atoms with Crippen LogP contribution in [0.25, 0.3) is 16.6 Å². The lowest BCUT2D eigenvalue weighted by molar-refractivity contribution is 0.0937. The molecule has 0 fully saturated rings. The maximum absolute atomic E-state index is 14.8. The van der Waals surface area contributed by atoms with E-state index >= 15 is 0 Å². The number of hydrogen-bond donors (Lipinski definition) is 1. The van der Waals surface area contributed by atoms with E-state index in [1.165, 1.54) is 18.2 Å². The average molecular weight is 368 g/mol. The summed E-state index contributed by atoms with van der Waals surface area (Å²) in [5, 5.41) is 3.96. The predicted molar refractivity (Wildman–Crippen MR) is 102 cm³/mol. The summed E-state index contributed by atoms with van der Waals surface area (Å²) in [6.07, 6.45) is 0.271. The molecule has 1 N–H and O–H groups in total. The summed E-state index contributed by atoms with van der Waals surface area (Å²) < 4.78 is 30.2. The van der Waals surface area contributed by atoms with Crippen molar-refractivity contribution in [3.05, 3.63) is 64.9 Å². The lowest BCUT2D eigenvalue weighted by atomic mass is 9.86. The van der Waals surface area contributed by atoms with E-state index in [9.17, 15) is 13.6 Å². The lowest BCUT2D eigenvalue weighted by Gasteiger charge is -2.18. The standard InChI is InChI=1S/C22H22F2N2O/c1-22(2,3)10-19(27)21-16(24)8-9-17-20(21)15-11-25-12-18(15)26(17)14-6-4-13(23)5-7-14/h4-9,25H,10-12H2,1-3H3. The van der Waals surface area contributed by atoms with Crippen molar-refractivity contribution in [3.8, 4) is 5.69 Å². The topological polar surface area (TPSA) is 34.0 Å². The van der Waals surface area contributed by atoms with Gasteiger partial charge in [0.2, 0.25) is 0 Å². The molecular formula is C22H22F2N2O. The molecule has 4 rings (SSSR count). The Morgan fingerprint density at radius 1 is 1.07 bits per heavy atom. The first-order valence-corrected chi connectivity index (χ1v) is 9.11. The van der Waals surface area contributed by atoms with Gasteiger partial charge in [0.1, 0.15) is 11.6 Å². The van der Waals surface area contributed by atoms with Crippen LogP contribution in [-0.2, 0) is 13.1 Å². The molecule has 1 aromatic heterocycles. The van der Waals surface area contributed by atoms with E-state index in [1.54, 1.807) is 18.2 Å². The number of fused-ring (bicyclic) bond motifs is 3. The molecule has 0 amide bonds. The molecule has 0 saturated heterocycles. The van der Waals surface area contributed by atoms with Crippen LogP contribution in [0.1, 0.15) is 48.8 Å².